The van der Waals surface area contributed by atoms with Crippen LogP contribution in [0.15, 0.2) is 36.5 Å². The van der Waals surface area contributed by atoms with Gasteiger partial charge < -0.3 is 15.0 Å². The Labute approximate surface area is 206 Å². The number of para-hydroxylation sites is 1. The first-order valence-corrected chi connectivity index (χ1v) is 12.7. The summed E-state index contributed by atoms with van der Waals surface area (Å²) >= 11 is 0. The molecule has 0 radical (unpaired) electrons. The molecule has 1 aromatic heterocycles. The van der Waals surface area contributed by atoms with Crippen molar-refractivity contribution in [1.82, 2.24) is 19.6 Å². The van der Waals surface area contributed by atoms with Gasteiger partial charge in [0.05, 0.1) is 25.0 Å². The van der Waals surface area contributed by atoms with Crippen LogP contribution < -0.4 is 5.32 Å². The average Bonchev–Trinajstić information content (AvgIpc) is 3.29. The van der Waals surface area contributed by atoms with E-state index in [0.717, 1.165) is 5.69 Å². The van der Waals surface area contributed by atoms with Gasteiger partial charge in [0.2, 0.25) is 11.8 Å². The first kappa shape index (κ1) is 24.9. The molecule has 4 rings (SSSR count). The van der Waals surface area contributed by atoms with Crippen molar-refractivity contribution in [1.29, 1.82) is 0 Å². The van der Waals surface area contributed by atoms with E-state index in [0.29, 0.717) is 44.3 Å². The number of esters is 1. The van der Waals surface area contributed by atoms with Gasteiger partial charge in [0.1, 0.15) is 5.56 Å². The van der Waals surface area contributed by atoms with Crippen LogP contribution in [0.3, 0.4) is 0 Å². The quantitative estimate of drug-likeness (QED) is 0.582. The summed E-state index contributed by atoms with van der Waals surface area (Å²) in [7, 11) is 0. The van der Waals surface area contributed by atoms with E-state index < -0.39 is 5.97 Å². The zero-order valence-electron chi connectivity index (χ0n) is 20.4. The van der Waals surface area contributed by atoms with Gasteiger partial charge in [0.15, 0.2) is 5.82 Å². The molecule has 1 N–H and O–H groups in total. The lowest BCUT2D eigenvalue weighted by atomic mass is 9.86. The van der Waals surface area contributed by atoms with E-state index in [2.05, 4.69) is 10.4 Å². The number of amides is 2. The molecule has 188 valence electrons. The summed E-state index contributed by atoms with van der Waals surface area (Å²) in [5, 5.41) is 7.18. The normalized spacial score (nSPS) is 17.2. The molecule has 35 heavy (non-hydrogen) atoms. The minimum atomic E-state index is -0.532. The molecule has 0 atom stereocenters. The summed E-state index contributed by atoms with van der Waals surface area (Å²) in [4.78, 5) is 42.1. The molecule has 1 aromatic carbocycles. The van der Waals surface area contributed by atoms with E-state index in [4.69, 9.17) is 4.74 Å². The van der Waals surface area contributed by atoms with Crippen LogP contribution in [0.5, 0.6) is 0 Å². The number of nitrogens with one attached hydrogen (secondary N) is 1. The number of carbonyl (C=O) groups is 3. The van der Waals surface area contributed by atoms with E-state index in [1.165, 1.54) is 43.0 Å². The van der Waals surface area contributed by atoms with Crippen molar-refractivity contribution in [2.75, 3.05) is 44.6 Å². The van der Waals surface area contributed by atoms with Gasteiger partial charge in [0, 0.05) is 32.6 Å². The number of piperazine rings is 1. The van der Waals surface area contributed by atoms with Crippen molar-refractivity contribution in [2.24, 2.45) is 5.92 Å². The predicted octanol–water partition coefficient (Wildman–Crippen LogP) is 3.10. The van der Waals surface area contributed by atoms with Crippen molar-refractivity contribution in [3.63, 3.8) is 0 Å². The van der Waals surface area contributed by atoms with E-state index >= 15 is 0 Å². The number of benzene rings is 1. The van der Waals surface area contributed by atoms with E-state index in [-0.39, 0.29) is 30.5 Å². The van der Waals surface area contributed by atoms with Crippen LogP contribution in [-0.2, 0) is 14.3 Å². The molecule has 1 saturated carbocycles. The number of hydrogen-bond acceptors (Lipinski definition) is 6. The van der Waals surface area contributed by atoms with Crippen LogP contribution in [0.25, 0.3) is 5.69 Å². The monoisotopic (exact) mass is 481 g/mol. The Morgan fingerprint density at radius 2 is 1.74 bits per heavy atom. The van der Waals surface area contributed by atoms with Crippen molar-refractivity contribution < 1.29 is 19.1 Å². The number of hydrogen-bond donors (Lipinski definition) is 1. The molecular formula is C26H35N5O4. The molecule has 2 fully saturated rings. The highest BCUT2D eigenvalue weighted by Crippen LogP contribution is 2.27. The maximum Gasteiger partial charge on any atom is 0.343 e. The number of carbonyl (C=O) groups excluding carboxylic acids is 3. The van der Waals surface area contributed by atoms with Crippen molar-refractivity contribution in [2.45, 2.75) is 45.4 Å². The van der Waals surface area contributed by atoms with Crippen LogP contribution in [-0.4, -0.2) is 76.7 Å². The zero-order chi connectivity index (χ0) is 24.6. The Kier molecular flexibility index (Phi) is 8.52. The summed E-state index contributed by atoms with van der Waals surface area (Å²) in [6.45, 7) is 4.69. The van der Waals surface area contributed by atoms with Crippen LogP contribution in [0, 0.1) is 5.92 Å². The largest absolute Gasteiger partial charge is 0.462 e. The van der Waals surface area contributed by atoms with Gasteiger partial charge in [-0.3, -0.25) is 14.5 Å². The van der Waals surface area contributed by atoms with Crippen LogP contribution >= 0.6 is 0 Å². The molecule has 2 aliphatic rings. The second-order valence-corrected chi connectivity index (χ2v) is 9.29. The van der Waals surface area contributed by atoms with Crippen LogP contribution in [0.1, 0.15) is 55.8 Å². The fourth-order valence-corrected chi connectivity index (χ4v) is 4.89. The molecule has 9 nitrogen and oxygen atoms in total. The lowest BCUT2D eigenvalue weighted by Crippen LogP contribution is -2.50. The molecule has 2 heterocycles. The van der Waals surface area contributed by atoms with Crippen LogP contribution in [0.2, 0.25) is 0 Å². The van der Waals surface area contributed by atoms with Gasteiger partial charge in [-0.05, 0) is 37.8 Å². The predicted molar refractivity (Wildman–Crippen MR) is 132 cm³/mol. The third-order valence-corrected chi connectivity index (χ3v) is 6.80. The fourth-order valence-electron chi connectivity index (χ4n) is 4.89. The molecule has 0 unspecified atom stereocenters. The second kappa shape index (κ2) is 12.0. The Bertz CT molecular complexity index is 1010. The molecule has 2 aromatic rings. The first-order chi connectivity index (χ1) is 17.0. The van der Waals surface area contributed by atoms with Gasteiger partial charge in [0.25, 0.3) is 0 Å². The third-order valence-electron chi connectivity index (χ3n) is 6.80. The number of rotatable bonds is 8. The Morgan fingerprint density at radius 3 is 2.43 bits per heavy atom. The maximum absolute atomic E-state index is 12.9. The number of nitrogens with zero attached hydrogens (tertiary/aromatic N) is 4. The van der Waals surface area contributed by atoms with Gasteiger partial charge in [-0.25, -0.2) is 9.48 Å². The van der Waals surface area contributed by atoms with Crippen molar-refractivity contribution in [3.8, 4) is 5.69 Å². The SMILES string of the molecule is CCOC(=O)c1cnn(-c2ccccc2)c1NC(=O)CN1CCN(C(=O)CC2CCCCC2)CC1. The summed E-state index contributed by atoms with van der Waals surface area (Å²) in [5.74, 6) is 0.293. The first-order valence-electron chi connectivity index (χ1n) is 12.7. The molecule has 9 heteroatoms. The Morgan fingerprint density at radius 1 is 1.03 bits per heavy atom. The molecule has 0 bridgehead atoms. The third kappa shape index (κ3) is 6.48. The van der Waals surface area contributed by atoms with E-state index in [1.54, 1.807) is 6.92 Å². The summed E-state index contributed by atoms with van der Waals surface area (Å²) in [6, 6.07) is 9.31. The van der Waals surface area contributed by atoms with Gasteiger partial charge in [-0.15, -0.1) is 0 Å². The molecular weight excluding hydrogens is 446 g/mol. The summed E-state index contributed by atoms with van der Waals surface area (Å²) < 4.78 is 6.68. The highest BCUT2D eigenvalue weighted by molar-refractivity contribution is 6.01. The van der Waals surface area contributed by atoms with E-state index in [1.807, 2.05) is 40.1 Å². The van der Waals surface area contributed by atoms with Crippen LogP contribution in [0.4, 0.5) is 5.82 Å². The molecule has 2 amide bonds. The number of aromatic nitrogens is 2. The minimum absolute atomic E-state index is 0.174. The van der Waals surface area contributed by atoms with Gasteiger partial charge in [-0.1, -0.05) is 37.5 Å². The maximum atomic E-state index is 12.9. The lowest BCUT2D eigenvalue weighted by Gasteiger charge is -2.35. The summed E-state index contributed by atoms with van der Waals surface area (Å²) in [5.41, 5.74) is 0.936. The molecule has 1 aliphatic heterocycles. The highest BCUT2D eigenvalue weighted by atomic mass is 16.5. The van der Waals surface area contributed by atoms with Gasteiger partial charge in [-0.2, -0.15) is 5.10 Å². The topological polar surface area (TPSA) is 96.8 Å². The Hall–Kier alpha value is -3.20. The summed E-state index contributed by atoms with van der Waals surface area (Å²) in [6.07, 6.45) is 8.17. The van der Waals surface area contributed by atoms with E-state index in [9.17, 15) is 14.4 Å². The second-order valence-electron chi connectivity index (χ2n) is 9.29. The average molecular weight is 482 g/mol. The van der Waals surface area contributed by atoms with Gasteiger partial charge >= 0.3 is 5.97 Å². The number of anilines is 1. The smallest absolute Gasteiger partial charge is 0.343 e. The highest BCUT2D eigenvalue weighted by Gasteiger charge is 2.26. The lowest BCUT2D eigenvalue weighted by molar-refractivity contribution is -0.134. The molecule has 1 saturated heterocycles. The fraction of sp³-hybridized carbons (Fsp3) is 0.538. The number of ether oxygens (including phenoxy) is 1. The molecule has 1 aliphatic carbocycles. The van der Waals surface area contributed by atoms with Crippen molar-refractivity contribution in [3.05, 3.63) is 42.1 Å². The standard InChI is InChI=1S/C26H35N5O4/c1-2-35-26(34)22-18-27-31(21-11-7-4-8-12-21)25(22)28-23(32)19-29-13-15-30(16-14-29)24(33)17-20-9-5-3-6-10-20/h4,7-8,11-12,18,20H,2-3,5-6,9-10,13-17,19H2,1H3,(H,28,32). The molecule has 0 spiro atoms. The van der Waals surface area contributed by atoms with Crippen molar-refractivity contribution >= 4 is 23.6 Å². The Balaban J connectivity index is 1.34. The minimum Gasteiger partial charge on any atom is -0.462 e. The zero-order valence-corrected chi connectivity index (χ0v) is 20.4.